The zero-order valence-corrected chi connectivity index (χ0v) is 14.1. The van der Waals surface area contributed by atoms with E-state index in [0.717, 1.165) is 16.6 Å². The van der Waals surface area contributed by atoms with Crippen molar-refractivity contribution in [1.82, 2.24) is 4.98 Å². The lowest BCUT2D eigenvalue weighted by Crippen LogP contribution is -2.15. The fourth-order valence-corrected chi connectivity index (χ4v) is 2.48. The Morgan fingerprint density at radius 1 is 1.15 bits per heavy atom. The average Bonchev–Trinajstić information content (AvgIpc) is 2.62. The molecule has 0 aliphatic heterocycles. The summed E-state index contributed by atoms with van der Waals surface area (Å²) in [4.78, 5) is 26.8. The number of nitro groups is 1. The first-order chi connectivity index (χ1) is 12.5. The first kappa shape index (κ1) is 17.3. The van der Waals surface area contributed by atoms with Crippen molar-refractivity contribution in [1.29, 1.82) is 0 Å². The van der Waals surface area contributed by atoms with Gasteiger partial charge in [0, 0.05) is 23.2 Å². The Morgan fingerprint density at radius 2 is 1.92 bits per heavy atom. The van der Waals surface area contributed by atoms with Crippen molar-refractivity contribution in [3.05, 3.63) is 70.4 Å². The van der Waals surface area contributed by atoms with Gasteiger partial charge >= 0.3 is 0 Å². The lowest BCUT2D eigenvalue weighted by molar-refractivity contribution is -0.384. The van der Waals surface area contributed by atoms with Crippen molar-refractivity contribution in [3.8, 4) is 5.75 Å². The van der Waals surface area contributed by atoms with Crippen molar-refractivity contribution in [2.24, 2.45) is 0 Å². The van der Waals surface area contributed by atoms with Crippen LogP contribution in [0.15, 0.2) is 54.6 Å². The Bertz CT molecular complexity index is 955. The number of para-hydroxylation sites is 1. The summed E-state index contributed by atoms with van der Waals surface area (Å²) in [7, 11) is 0. The fraction of sp³-hybridized carbons (Fsp3) is 0.158. The molecule has 7 nitrogen and oxygen atoms in total. The Morgan fingerprint density at radius 3 is 2.65 bits per heavy atom. The highest BCUT2D eigenvalue weighted by atomic mass is 16.6. The fourth-order valence-electron chi connectivity index (χ4n) is 2.48. The molecule has 1 aromatic heterocycles. The largest absolute Gasteiger partial charge is 0.493 e. The molecule has 3 rings (SSSR count). The number of nitrogens with one attached hydrogen (secondary N) is 1. The topological polar surface area (TPSA) is 94.4 Å². The second-order valence-corrected chi connectivity index (χ2v) is 5.73. The van der Waals surface area contributed by atoms with Crippen LogP contribution in [0.3, 0.4) is 0 Å². The van der Waals surface area contributed by atoms with Gasteiger partial charge < -0.3 is 10.1 Å². The van der Waals surface area contributed by atoms with Crippen LogP contribution in [0.1, 0.15) is 12.1 Å². The average molecular weight is 351 g/mol. The van der Waals surface area contributed by atoms with Crippen molar-refractivity contribution < 1.29 is 14.5 Å². The van der Waals surface area contributed by atoms with Gasteiger partial charge in [0.2, 0.25) is 5.91 Å². The van der Waals surface area contributed by atoms with Crippen LogP contribution < -0.4 is 10.1 Å². The normalized spacial score (nSPS) is 10.5. The Balaban J connectivity index is 1.58. The summed E-state index contributed by atoms with van der Waals surface area (Å²) >= 11 is 0. The number of aromatic nitrogens is 1. The molecular formula is C19H17N3O4. The van der Waals surface area contributed by atoms with E-state index in [1.165, 1.54) is 24.3 Å². The first-order valence-electron chi connectivity index (χ1n) is 8.06. The highest BCUT2D eigenvalue weighted by Gasteiger charge is 2.08. The lowest BCUT2D eigenvalue weighted by atomic mass is 10.1. The quantitative estimate of drug-likeness (QED) is 0.537. The van der Waals surface area contributed by atoms with Gasteiger partial charge in [-0.1, -0.05) is 18.2 Å². The van der Waals surface area contributed by atoms with E-state index < -0.39 is 4.92 Å². The molecule has 0 radical (unpaired) electrons. The molecule has 1 amide bonds. The maximum Gasteiger partial charge on any atom is 0.269 e. The summed E-state index contributed by atoms with van der Waals surface area (Å²) in [6, 6.07) is 15.2. The van der Waals surface area contributed by atoms with Gasteiger partial charge in [0.1, 0.15) is 5.75 Å². The summed E-state index contributed by atoms with van der Waals surface area (Å²) in [5.74, 6) is 0.286. The number of carbonyl (C=O) groups excluding carboxylic acids is 1. The van der Waals surface area contributed by atoms with E-state index in [0.29, 0.717) is 11.4 Å². The standard InChI is InChI=1S/C19H17N3O4/c1-13-5-6-14-3-2-4-17(19(14)20-13)21-18(23)11-12-26-16-9-7-15(8-10-16)22(24)25/h2-10H,11-12H2,1H3,(H,21,23). The number of pyridine rings is 1. The van der Waals surface area contributed by atoms with Crippen LogP contribution in [0.2, 0.25) is 0 Å². The molecule has 7 heteroatoms. The van der Waals surface area contributed by atoms with Crippen LogP contribution in [-0.4, -0.2) is 22.4 Å². The highest BCUT2D eigenvalue weighted by molar-refractivity contribution is 6.00. The number of nitrogens with zero attached hydrogens (tertiary/aromatic N) is 2. The number of ether oxygens (including phenoxy) is 1. The number of nitro benzene ring substituents is 1. The van der Waals surface area contributed by atoms with Gasteiger partial charge in [0.25, 0.3) is 5.69 Å². The van der Waals surface area contributed by atoms with Crippen LogP contribution in [0, 0.1) is 17.0 Å². The van der Waals surface area contributed by atoms with Crippen LogP contribution in [0.5, 0.6) is 5.75 Å². The molecule has 0 fully saturated rings. The van der Waals surface area contributed by atoms with Gasteiger partial charge in [-0.25, -0.2) is 0 Å². The predicted molar refractivity (Wildman–Crippen MR) is 98.3 cm³/mol. The number of amides is 1. The summed E-state index contributed by atoms with van der Waals surface area (Å²) in [6.45, 7) is 2.07. The van der Waals surface area contributed by atoms with Crippen molar-refractivity contribution in [2.45, 2.75) is 13.3 Å². The minimum atomic E-state index is -0.475. The van der Waals surface area contributed by atoms with Gasteiger partial charge in [0.05, 0.1) is 29.2 Å². The van der Waals surface area contributed by atoms with Crippen LogP contribution >= 0.6 is 0 Å². The third-order valence-corrected chi connectivity index (χ3v) is 3.78. The van der Waals surface area contributed by atoms with E-state index in [1.54, 1.807) is 0 Å². The van der Waals surface area contributed by atoms with Crippen molar-refractivity contribution in [3.63, 3.8) is 0 Å². The number of carbonyl (C=O) groups is 1. The summed E-state index contributed by atoms with van der Waals surface area (Å²) in [6.07, 6.45) is 0.152. The number of rotatable bonds is 6. The van der Waals surface area contributed by atoms with Crippen molar-refractivity contribution >= 4 is 28.2 Å². The number of aryl methyl sites for hydroxylation is 1. The van der Waals surface area contributed by atoms with Gasteiger partial charge in [-0.2, -0.15) is 0 Å². The third-order valence-electron chi connectivity index (χ3n) is 3.78. The summed E-state index contributed by atoms with van der Waals surface area (Å²) in [5.41, 5.74) is 2.28. The van der Waals surface area contributed by atoms with E-state index in [-0.39, 0.29) is 24.6 Å². The van der Waals surface area contributed by atoms with Gasteiger partial charge in [-0.05, 0) is 31.2 Å². The van der Waals surface area contributed by atoms with Crippen LogP contribution in [-0.2, 0) is 4.79 Å². The zero-order chi connectivity index (χ0) is 18.5. The molecule has 2 aromatic carbocycles. The summed E-state index contributed by atoms with van der Waals surface area (Å²) in [5, 5.41) is 14.4. The molecule has 0 aliphatic carbocycles. The smallest absolute Gasteiger partial charge is 0.269 e. The SMILES string of the molecule is Cc1ccc2cccc(NC(=O)CCOc3ccc([N+](=O)[O-])cc3)c2n1. The lowest BCUT2D eigenvalue weighted by Gasteiger charge is -2.09. The van der Waals surface area contributed by atoms with E-state index >= 15 is 0 Å². The number of hydrogen-bond donors (Lipinski definition) is 1. The monoisotopic (exact) mass is 351 g/mol. The molecule has 1 N–H and O–H groups in total. The van der Waals surface area contributed by atoms with E-state index in [2.05, 4.69) is 10.3 Å². The maximum atomic E-state index is 12.2. The molecular weight excluding hydrogens is 334 g/mol. The molecule has 0 unspecified atom stereocenters. The Hall–Kier alpha value is -3.48. The highest BCUT2D eigenvalue weighted by Crippen LogP contribution is 2.22. The molecule has 0 bridgehead atoms. The van der Waals surface area contributed by atoms with E-state index in [9.17, 15) is 14.9 Å². The third kappa shape index (κ3) is 4.13. The van der Waals surface area contributed by atoms with E-state index in [4.69, 9.17) is 4.74 Å². The van der Waals surface area contributed by atoms with Crippen LogP contribution in [0.25, 0.3) is 10.9 Å². The molecule has 132 valence electrons. The minimum absolute atomic E-state index is 0.00570. The van der Waals surface area contributed by atoms with Gasteiger partial charge in [-0.15, -0.1) is 0 Å². The predicted octanol–water partition coefficient (Wildman–Crippen LogP) is 3.86. The summed E-state index contributed by atoms with van der Waals surface area (Å²) < 4.78 is 5.46. The number of anilines is 1. The van der Waals surface area contributed by atoms with Crippen molar-refractivity contribution in [2.75, 3.05) is 11.9 Å². The second-order valence-electron chi connectivity index (χ2n) is 5.73. The maximum absolute atomic E-state index is 12.2. The number of fused-ring (bicyclic) bond motifs is 1. The first-order valence-corrected chi connectivity index (χ1v) is 8.06. The molecule has 0 saturated carbocycles. The molecule has 3 aromatic rings. The molecule has 0 saturated heterocycles. The second kappa shape index (κ2) is 7.60. The number of hydrogen-bond acceptors (Lipinski definition) is 5. The minimum Gasteiger partial charge on any atom is -0.493 e. The van der Waals surface area contributed by atoms with Gasteiger partial charge in [-0.3, -0.25) is 19.9 Å². The Kier molecular flexibility index (Phi) is 5.07. The van der Waals surface area contributed by atoms with E-state index in [1.807, 2.05) is 37.3 Å². The molecule has 1 heterocycles. The molecule has 0 aliphatic rings. The Labute approximate surface area is 149 Å². The molecule has 26 heavy (non-hydrogen) atoms. The molecule has 0 atom stereocenters. The van der Waals surface area contributed by atoms with Crippen LogP contribution in [0.4, 0.5) is 11.4 Å². The van der Waals surface area contributed by atoms with Gasteiger partial charge in [0.15, 0.2) is 0 Å². The zero-order valence-electron chi connectivity index (χ0n) is 14.1. The number of non-ortho nitro benzene ring substituents is 1. The molecule has 0 spiro atoms. The number of benzene rings is 2.